The molecule has 0 fully saturated rings. The van der Waals surface area contributed by atoms with Gasteiger partial charge in [0.15, 0.2) is 11.6 Å². The Morgan fingerprint density at radius 3 is 2.48 bits per heavy atom. The summed E-state index contributed by atoms with van der Waals surface area (Å²) in [6.45, 7) is 3.94. The van der Waals surface area contributed by atoms with Gasteiger partial charge in [-0.25, -0.2) is 4.39 Å². The van der Waals surface area contributed by atoms with Gasteiger partial charge in [-0.15, -0.1) is 0 Å². The Morgan fingerprint density at radius 2 is 1.78 bits per heavy atom. The Labute approximate surface area is 160 Å². The normalized spacial score (nSPS) is 10.6. The van der Waals surface area contributed by atoms with Crippen LogP contribution in [-0.4, -0.2) is 21.0 Å². The highest BCUT2D eigenvalue weighted by molar-refractivity contribution is 7.10. The predicted octanol–water partition coefficient (Wildman–Crippen LogP) is 4.56. The molecule has 1 heterocycles. The number of amides is 1. The first-order valence-corrected chi connectivity index (χ1v) is 9.19. The molecule has 0 aliphatic carbocycles. The molecular formula is C20H18FN3O2S. The van der Waals surface area contributed by atoms with Gasteiger partial charge >= 0.3 is 0 Å². The Bertz CT molecular complexity index is 983. The number of halogens is 1. The van der Waals surface area contributed by atoms with Crippen molar-refractivity contribution < 1.29 is 14.0 Å². The van der Waals surface area contributed by atoms with Gasteiger partial charge in [0.05, 0.1) is 0 Å². The van der Waals surface area contributed by atoms with E-state index < -0.39 is 0 Å². The molecule has 2 aromatic carbocycles. The van der Waals surface area contributed by atoms with Crippen LogP contribution >= 0.6 is 11.5 Å². The van der Waals surface area contributed by atoms with Crippen LogP contribution < -0.4 is 5.32 Å². The number of aromatic nitrogens is 2. The molecule has 0 aliphatic heterocycles. The van der Waals surface area contributed by atoms with Crippen LogP contribution in [0.15, 0.2) is 42.5 Å². The summed E-state index contributed by atoms with van der Waals surface area (Å²) < 4.78 is 17.1. The highest BCUT2D eigenvalue weighted by Crippen LogP contribution is 2.21. The minimum absolute atomic E-state index is 0.0667. The number of rotatable bonds is 6. The SMILES string of the molecule is Cc1ccc(C(=O)CCC(=O)Nc2nc(-c3ccc(F)cc3)ns2)cc1C. The number of hydrogen-bond acceptors (Lipinski definition) is 5. The molecule has 0 spiro atoms. The standard InChI is InChI=1S/C20H18FN3O2S/c1-12-3-4-15(11-13(12)2)17(25)9-10-18(26)22-20-23-19(24-27-20)14-5-7-16(21)8-6-14/h3-8,11H,9-10H2,1-2H3,(H,22,23,24,26). The van der Waals surface area contributed by atoms with E-state index in [2.05, 4.69) is 14.7 Å². The summed E-state index contributed by atoms with van der Waals surface area (Å²) in [7, 11) is 0. The number of anilines is 1. The van der Waals surface area contributed by atoms with Crippen LogP contribution in [0.1, 0.15) is 34.3 Å². The molecule has 0 atom stereocenters. The van der Waals surface area contributed by atoms with Gasteiger partial charge in [-0.05, 0) is 55.3 Å². The zero-order valence-electron chi connectivity index (χ0n) is 15.0. The van der Waals surface area contributed by atoms with Gasteiger partial charge in [0.25, 0.3) is 0 Å². The minimum atomic E-state index is -0.337. The largest absolute Gasteiger partial charge is 0.301 e. The molecule has 138 valence electrons. The van der Waals surface area contributed by atoms with Crippen LogP contribution in [0, 0.1) is 19.7 Å². The van der Waals surface area contributed by atoms with Crippen molar-refractivity contribution in [1.29, 1.82) is 0 Å². The molecule has 3 rings (SSSR count). The number of nitrogens with zero attached hydrogens (tertiary/aromatic N) is 2. The lowest BCUT2D eigenvalue weighted by Gasteiger charge is -2.05. The van der Waals surface area contributed by atoms with Crippen molar-refractivity contribution in [3.8, 4) is 11.4 Å². The molecule has 0 saturated heterocycles. The van der Waals surface area contributed by atoms with Gasteiger partial charge in [0, 0.05) is 35.5 Å². The number of aryl methyl sites for hydroxylation is 2. The maximum Gasteiger partial charge on any atom is 0.226 e. The summed E-state index contributed by atoms with van der Waals surface area (Å²) in [5.41, 5.74) is 3.45. The van der Waals surface area contributed by atoms with E-state index in [-0.39, 0.29) is 30.3 Å². The molecule has 7 heteroatoms. The first-order valence-electron chi connectivity index (χ1n) is 8.42. The van der Waals surface area contributed by atoms with E-state index in [1.54, 1.807) is 18.2 Å². The topological polar surface area (TPSA) is 72.0 Å². The fourth-order valence-corrected chi connectivity index (χ4v) is 3.06. The first kappa shape index (κ1) is 18.8. The Balaban J connectivity index is 1.55. The highest BCUT2D eigenvalue weighted by atomic mass is 32.1. The number of carbonyl (C=O) groups is 2. The molecule has 0 radical (unpaired) electrons. The lowest BCUT2D eigenvalue weighted by molar-refractivity contribution is -0.116. The van der Waals surface area contributed by atoms with Gasteiger partial charge < -0.3 is 5.32 Å². The van der Waals surface area contributed by atoms with Crippen LogP contribution in [0.4, 0.5) is 9.52 Å². The van der Waals surface area contributed by atoms with Crippen molar-refractivity contribution in [3.63, 3.8) is 0 Å². The fraction of sp³-hybridized carbons (Fsp3) is 0.200. The van der Waals surface area contributed by atoms with E-state index in [4.69, 9.17) is 0 Å². The molecule has 1 amide bonds. The summed E-state index contributed by atoms with van der Waals surface area (Å²) in [5.74, 6) is -0.288. The average molecular weight is 383 g/mol. The van der Waals surface area contributed by atoms with E-state index in [9.17, 15) is 14.0 Å². The van der Waals surface area contributed by atoms with Crippen molar-refractivity contribution in [3.05, 3.63) is 65.0 Å². The number of nitrogens with one attached hydrogen (secondary N) is 1. The van der Waals surface area contributed by atoms with Crippen molar-refractivity contribution >= 4 is 28.4 Å². The summed E-state index contributed by atoms with van der Waals surface area (Å²) in [6, 6.07) is 11.3. The van der Waals surface area contributed by atoms with E-state index in [1.807, 2.05) is 26.0 Å². The summed E-state index contributed by atoms with van der Waals surface area (Å²) >= 11 is 1.04. The van der Waals surface area contributed by atoms with E-state index >= 15 is 0 Å². The van der Waals surface area contributed by atoms with Gasteiger partial charge in [0.1, 0.15) is 5.82 Å². The van der Waals surface area contributed by atoms with Gasteiger partial charge in [-0.1, -0.05) is 12.1 Å². The number of benzene rings is 2. The third-order valence-corrected chi connectivity index (χ3v) is 4.81. The second-order valence-corrected chi connectivity index (χ2v) is 6.95. The molecule has 5 nitrogen and oxygen atoms in total. The molecule has 27 heavy (non-hydrogen) atoms. The second kappa shape index (κ2) is 8.18. The highest BCUT2D eigenvalue weighted by Gasteiger charge is 2.13. The van der Waals surface area contributed by atoms with Crippen LogP contribution in [0.2, 0.25) is 0 Å². The van der Waals surface area contributed by atoms with Crippen LogP contribution in [0.5, 0.6) is 0 Å². The maximum absolute atomic E-state index is 13.0. The molecule has 0 bridgehead atoms. The second-order valence-electron chi connectivity index (χ2n) is 6.20. The molecule has 3 aromatic rings. The molecular weight excluding hydrogens is 365 g/mol. The van der Waals surface area contributed by atoms with Crippen LogP contribution in [0.3, 0.4) is 0 Å². The lowest BCUT2D eigenvalue weighted by Crippen LogP contribution is -2.13. The van der Waals surface area contributed by atoms with Gasteiger partial charge in [-0.3, -0.25) is 9.59 Å². The predicted molar refractivity (Wildman–Crippen MR) is 103 cm³/mol. The summed E-state index contributed by atoms with van der Waals surface area (Å²) in [5, 5.41) is 3.00. The van der Waals surface area contributed by atoms with Gasteiger partial charge in [0.2, 0.25) is 11.0 Å². The molecule has 1 aromatic heterocycles. The van der Waals surface area contributed by atoms with Gasteiger partial charge in [-0.2, -0.15) is 9.36 Å². The zero-order valence-corrected chi connectivity index (χ0v) is 15.8. The van der Waals surface area contributed by atoms with Crippen molar-refractivity contribution in [1.82, 2.24) is 9.36 Å². The molecule has 1 N–H and O–H groups in total. The van der Waals surface area contributed by atoms with Crippen molar-refractivity contribution in [2.45, 2.75) is 26.7 Å². The number of hydrogen-bond donors (Lipinski definition) is 1. The number of ketones is 1. The van der Waals surface area contributed by atoms with Crippen molar-refractivity contribution in [2.24, 2.45) is 0 Å². The number of Topliss-reactive ketones (excluding diaryl/α,β-unsaturated/α-hetero) is 1. The van der Waals surface area contributed by atoms with E-state index in [0.29, 0.717) is 22.1 Å². The molecule has 0 aliphatic rings. The smallest absolute Gasteiger partial charge is 0.226 e. The van der Waals surface area contributed by atoms with Crippen LogP contribution in [0.25, 0.3) is 11.4 Å². The molecule has 0 unspecified atom stereocenters. The Hall–Kier alpha value is -2.93. The lowest BCUT2D eigenvalue weighted by atomic mass is 10.0. The van der Waals surface area contributed by atoms with Crippen molar-refractivity contribution in [2.75, 3.05) is 5.32 Å². The maximum atomic E-state index is 13.0. The fourth-order valence-electron chi connectivity index (χ4n) is 2.46. The summed E-state index contributed by atoms with van der Waals surface area (Å²) in [4.78, 5) is 28.6. The molecule has 0 saturated carbocycles. The minimum Gasteiger partial charge on any atom is -0.301 e. The summed E-state index contributed by atoms with van der Waals surface area (Å²) in [6.07, 6.45) is 0.190. The first-order chi connectivity index (χ1) is 12.9. The Kier molecular flexibility index (Phi) is 5.71. The Morgan fingerprint density at radius 1 is 1.04 bits per heavy atom. The third-order valence-electron chi connectivity index (χ3n) is 4.18. The van der Waals surface area contributed by atoms with E-state index in [1.165, 1.54) is 12.1 Å². The average Bonchev–Trinajstić information content (AvgIpc) is 3.11. The van der Waals surface area contributed by atoms with Crippen LogP contribution in [-0.2, 0) is 4.79 Å². The monoisotopic (exact) mass is 383 g/mol. The third kappa shape index (κ3) is 4.83. The zero-order chi connectivity index (χ0) is 19.4. The van der Waals surface area contributed by atoms with E-state index in [0.717, 1.165) is 22.7 Å². The number of carbonyl (C=O) groups excluding carboxylic acids is 2. The quantitative estimate of drug-likeness (QED) is 0.633.